The predicted molar refractivity (Wildman–Crippen MR) is 69.7 cm³/mol. The van der Waals surface area contributed by atoms with Crippen LogP contribution in [0.1, 0.15) is 45.4 Å². The van der Waals surface area contributed by atoms with Gasteiger partial charge in [-0.25, -0.2) is 0 Å². The fourth-order valence-corrected chi connectivity index (χ4v) is 3.56. The van der Waals surface area contributed by atoms with Crippen molar-refractivity contribution in [2.24, 2.45) is 11.3 Å². The van der Waals surface area contributed by atoms with Gasteiger partial charge in [-0.15, -0.1) is 0 Å². The molecule has 1 aliphatic carbocycles. The van der Waals surface area contributed by atoms with Crippen LogP contribution >= 0.6 is 0 Å². The minimum absolute atomic E-state index is 0.589. The van der Waals surface area contributed by atoms with Gasteiger partial charge >= 0.3 is 0 Å². The molecule has 1 saturated heterocycles. The summed E-state index contributed by atoms with van der Waals surface area (Å²) >= 11 is 0. The SMILES string of the molecule is CNCC1(CN2CCCC2)CCC(C)CC1. The van der Waals surface area contributed by atoms with Crippen molar-refractivity contribution in [2.45, 2.75) is 45.4 Å². The molecule has 1 N–H and O–H groups in total. The fourth-order valence-electron chi connectivity index (χ4n) is 3.56. The van der Waals surface area contributed by atoms with Crippen molar-refractivity contribution >= 4 is 0 Å². The van der Waals surface area contributed by atoms with Crippen molar-refractivity contribution in [3.63, 3.8) is 0 Å². The van der Waals surface area contributed by atoms with Gasteiger partial charge in [0.25, 0.3) is 0 Å². The highest BCUT2D eigenvalue weighted by Gasteiger charge is 2.35. The van der Waals surface area contributed by atoms with E-state index in [0.29, 0.717) is 5.41 Å². The second kappa shape index (κ2) is 5.50. The Morgan fingerprint density at radius 1 is 1.19 bits per heavy atom. The average Bonchev–Trinajstić information content (AvgIpc) is 2.76. The molecule has 0 aromatic carbocycles. The van der Waals surface area contributed by atoms with E-state index in [-0.39, 0.29) is 0 Å². The zero-order chi connectivity index (χ0) is 11.4. The maximum absolute atomic E-state index is 3.44. The Kier molecular flexibility index (Phi) is 4.26. The highest BCUT2D eigenvalue weighted by molar-refractivity contribution is 4.89. The van der Waals surface area contributed by atoms with Gasteiger partial charge < -0.3 is 10.2 Å². The van der Waals surface area contributed by atoms with Crippen molar-refractivity contribution in [1.82, 2.24) is 10.2 Å². The Hall–Kier alpha value is -0.0800. The monoisotopic (exact) mass is 224 g/mol. The normalized spacial score (nSPS) is 36.8. The van der Waals surface area contributed by atoms with Gasteiger partial charge in [0, 0.05) is 13.1 Å². The number of likely N-dealkylation sites (tertiary alicyclic amines) is 1. The molecule has 1 heterocycles. The summed E-state index contributed by atoms with van der Waals surface area (Å²) in [7, 11) is 2.11. The third kappa shape index (κ3) is 2.98. The molecule has 0 bridgehead atoms. The van der Waals surface area contributed by atoms with Gasteiger partial charge in [-0.3, -0.25) is 0 Å². The average molecular weight is 224 g/mol. The van der Waals surface area contributed by atoms with E-state index in [1.165, 1.54) is 64.7 Å². The summed E-state index contributed by atoms with van der Waals surface area (Å²) in [6.45, 7) is 7.68. The number of nitrogens with one attached hydrogen (secondary N) is 1. The third-order valence-electron chi connectivity index (χ3n) is 4.64. The van der Waals surface area contributed by atoms with E-state index < -0.39 is 0 Å². The van der Waals surface area contributed by atoms with Gasteiger partial charge in [-0.2, -0.15) is 0 Å². The van der Waals surface area contributed by atoms with E-state index in [1.807, 2.05) is 0 Å². The lowest BCUT2D eigenvalue weighted by Gasteiger charge is -2.42. The summed E-state index contributed by atoms with van der Waals surface area (Å²) in [6.07, 6.45) is 8.60. The lowest BCUT2D eigenvalue weighted by atomic mass is 9.70. The fraction of sp³-hybridized carbons (Fsp3) is 1.00. The molecule has 2 heteroatoms. The standard InChI is InChI=1S/C14H28N2/c1-13-5-7-14(8-6-13,11-15-2)12-16-9-3-4-10-16/h13,15H,3-12H2,1-2H3. The second-order valence-corrected chi connectivity index (χ2v) is 6.20. The Morgan fingerprint density at radius 3 is 2.38 bits per heavy atom. The zero-order valence-electron chi connectivity index (χ0n) is 11.1. The molecule has 2 nitrogen and oxygen atoms in total. The van der Waals surface area contributed by atoms with E-state index in [1.54, 1.807) is 0 Å². The first-order chi connectivity index (χ1) is 7.74. The van der Waals surface area contributed by atoms with Crippen molar-refractivity contribution in [3.8, 4) is 0 Å². The van der Waals surface area contributed by atoms with Crippen molar-refractivity contribution in [3.05, 3.63) is 0 Å². The number of rotatable bonds is 4. The van der Waals surface area contributed by atoms with Crippen LogP contribution in [-0.4, -0.2) is 38.1 Å². The molecule has 0 spiro atoms. The molecule has 0 aromatic heterocycles. The minimum Gasteiger partial charge on any atom is -0.319 e. The van der Waals surface area contributed by atoms with Gasteiger partial charge in [-0.05, 0) is 57.2 Å². The maximum Gasteiger partial charge on any atom is 0.00501 e. The van der Waals surface area contributed by atoms with E-state index in [9.17, 15) is 0 Å². The molecule has 0 atom stereocenters. The topological polar surface area (TPSA) is 15.3 Å². The molecular weight excluding hydrogens is 196 g/mol. The van der Waals surface area contributed by atoms with Gasteiger partial charge in [0.15, 0.2) is 0 Å². The quantitative estimate of drug-likeness (QED) is 0.789. The van der Waals surface area contributed by atoms with E-state index in [2.05, 4.69) is 24.2 Å². The summed E-state index contributed by atoms with van der Waals surface area (Å²) in [5.41, 5.74) is 0.589. The first kappa shape index (κ1) is 12.4. The zero-order valence-corrected chi connectivity index (χ0v) is 11.1. The Labute approximate surface area is 101 Å². The van der Waals surface area contributed by atoms with Crippen LogP contribution in [0, 0.1) is 11.3 Å². The summed E-state index contributed by atoms with van der Waals surface area (Å²) in [5.74, 6) is 0.962. The van der Waals surface area contributed by atoms with Crippen LogP contribution < -0.4 is 5.32 Å². The smallest absolute Gasteiger partial charge is 0.00501 e. The van der Waals surface area contributed by atoms with Crippen LogP contribution in [0.15, 0.2) is 0 Å². The van der Waals surface area contributed by atoms with Gasteiger partial charge in [0.2, 0.25) is 0 Å². The molecule has 0 unspecified atom stereocenters. The lowest BCUT2D eigenvalue weighted by Crippen LogP contribution is -2.44. The van der Waals surface area contributed by atoms with E-state index in [4.69, 9.17) is 0 Å². The van der Waals surface area contributed by atoms with Crippen LogP contribution in [0.2, 0.25) is 0 Å². The molecule has 1 aliphatic heterocycles. The number of nitrogens with zero attached hydrogens (tertiary/aromatic N) is 1. The van der Waals surface area contributed by atoms with Gasteiger partial charge in [-0.1, -0.05) is 19.8 Å². The molecule has 2 aliphatic rings. The summed E-state index contributed by atoms with van der Waals surface area (Å²) in [5, 5.41) is 3.44. The largest absolute Gasteiger partial charge is 0.319 e. The van der Waals surface area contributed by atoms with Crippen molar-refractivity contribution < 1.29 is 0 Å². The minimum atomic E-state index is 0.589. The number of hydrogen-bond donors (Lipinski definition) is 1. The summed E-state index contributed by atoms with van der Waals surface area (Å²) < 4.78 is 0. The highest BCUT2D eigenvalue weighted by Crippen LogP contribution is 2.39. The molecule has 1 saturated carbocycles. The summed E-state index contributed by atoms with van der Waals surface area (Å²) in [6, 6.07) is 0. The third-order valence-corrected chi connectivity index (χ3v) is 4.64. The first-order valence-corrected chi connectivity index (χ1v) is 7.11. The molecule has 16 heavy (non-hydrogen) atoms. The summed E-state index contributed by atoms with van der Waals surface area (Å²) in [4.78, 5) is 2.70. The maximum atomic E-state index is 3.44. The van der Waals surface area contributed by atoms with Gasteiger partial charge in [0.1, 0.15) is 0 Å². The number of hydrogen-bond acceptors (Lipinski definition) is 2. The highest BCUT2D eigenvalue weighted by atomic mass is 15.1. The second-order valence-electron chi connectivity index (χ2n) is 6.20. The van der Waals surface area contributed by atoms with Crippen LogP contribution in [0.4, 0.5) is 0 Å². The Bertz CT molecular complexity index is 201. The predicted octanol–water partition coefficient (Wildman–Crippen LogP) is 2.50. The van der Waals surface area contributed by atoms with Crippen LogP contribution in [0.25, 0.3) is 0 Å². The van der Waals surface area contributed by atoms with Crippen LogP contribution in [-0.2, 0) is 0 Å². The molecule has 2 fully saturated rings. The molecule has 94 valence electrons. The van der Waals surface area contributed by atoms with E-state index in [0.717, 1.165) is 5.92 Å². The van der Waals surface area contributed by atoms with Crippen molar-refractivity contribution in [1.29, 1.82) is 0 Å². The molecule has 0 amide bonds. The molecule has 0 aromatic rings. The van der Waals surface area contributed by atoms with E-state index >= 15 is 0 Å². The first-order valence-electron chi connectivity index (χ1n) is 7.11. The Balaban J connectivity index is 1.91. The molecular formula is C14H28N2. The van der Waals surface area contributed by atoms with Gasteiger partial charge in [0.05, 0.1) is 0 Å². The van der Waals surface area contributed by atoms with Crippen LogP contribution in [0.3, 0.4) is 0 Å². The van der Waals surface area contributed by atoms with Crippen molar-refractivity contribution in [2.75, 3.05) is 33.2 Å². The lowest BCUT2D eigenvalue weighted by molar-refractivity contribution is 0.100. The molecule has 2 rings (SSSR count). The Morgan fingerprint density at radius 2 is 1.81 bits per heavy atom. The van der Waals surface area contributed by atoms with Crippen LogP contribution in [0.5, 0.6) is 0 Å². The molecule has 0 radical (unpaired) electrons.